The van der Waals surface area contributed by atoms with Gasteiger partial charge in [-0.05, 0) is 29.5 Å². The molecule has 0 amide bonds. The molecule has 1 unspecified atom stereocenters. The second kappa shape index (κ2) is 4.00. The van der Waals surface area contributed by atoms with Crippen molar-refractivity contribution in [1.82, 2.24) is 4.98 Å². The zero-order valence-corrected chi connectivity index (χ0v) is 9.83. The number of hydrogen-bond acceptors (Lipinski definition) is 3. The summed E-state index contributed by atoms with van der Waals surface area (Å²) in [5.41, 5.74) is 10.1. The van der Waals surface area contributed by atoms with Crippen molar-refractivity contribution in [2.24, 2.45) is 5.73 Å². The summed E-state index contributed by atoms with van der Waals surface area (Å²) in [5.74, 6) is 0. The Labute approximate surface area is 99.1 Å². The third-order valence-electron chi connectivity index (χ3n) is 3.17. The quantitative estimate of drug-likeness (QED) is 0.861. The van der Waals surface area contributed by atoms with Crippen LogP contribution < -0.4 is 5.73 Å². The minimum atomic E-state index is 0.254. The van der Waals surface area contributed by atoms with Gasteiger partial charge in [-0.15, -0.1) is 11.3 Å². The molecule has 1 aromatic carbocycles. The van der Waals surface area contributed by atoms with Gasteiger partial charge in [0.25, 0.3) is 0 Å². The zero-order chi connectivity index (χ0) is 11.0. The highest BCUT2D eigenvalue weighted by Gasteiger charge is 2.18. The Morgan fingerprint density at radius 1 is 1.44 bits per heavy atom. The molecular formula is C13H14N2S. The monoisotopic (exact) mass is 230 g/mol. The molecular weight excluding hydrogens is 216 g/mol. The third-order valence-corrected chi connectivity index (χ3v) is 3.95. The van der Waals surface area contributed by atoms with Crippen molar-refractivity contribution in [3.8, 4) is 0 Å². The molecule has 1 aliphatic rings. The van der Waals surface area contributed by atoms with E-state index in [0.29, 0.717) is 0 Å². The van der Waals surface area contributed by atoms with Gasteiger partial charge in [0, 0.05) is 24.0 Å². The van der Waals surface area contributed by atoms with Crippen molar-refractivity contribution < 1.29 is 0 Å². The number of nitrogens with two attached hydrogens (primary N) is 1. The summed E-state index contributed by atoms with van der Waals surface area (Å²) in [6.07, 6.45) is 5.03. The summed E-state index contributed by atoms with van der Waals surface area (Å²) in [6.45, 7) is 0. The van der Waals surface area contributed by atoms with Crippen molar-refractivity contribution in [3.63, 3.8) is 0 Å². The van der Waals surface area contributed by atoms with Crippen LogP contribution in [0.3, 0.4) is 0 Å². The van der Waals surface area contributed by atoms with Gasteiger partial charge in [-0.1, -0.05) is 18.2 Å². The Bertz CT molecular complexity index is 491. The predicted molar refractivity (Wildman–Crippen MR) is 66.6 cm³/mol. The molecule has 0 saturated carbocycles. The van der Waals surface area contributed by atoms with Crippen LogP contribution in [0.5, 0.6) is 0 Å². The van der Waals surface area contributed by atoms with E-state index in [4.69, 9.17) is 5.73 Å². The van der Waals surface area contributed by atoms with Crippen LogP contribution >= 0.6 is 11.3 Å². The first-order chi connectivity index (χ1) is 7.83. The molecule has 0 fully saturated rings. The lowest BCUT2D eigenvalue weighted by molar-refractivity contribution is 0.713. The number of benzene rings is 1. The summed E-state index contributed by atoms with van der Waals surface area (Å²) < 4.78 is 0. The summed E-state index contributed by atoms with van der Waals surface area (Å²) in [5, 5.41) is 3.21. The third kappa shape index (κ3) is 1.77. The maximum atomic E-state index is 6.02. The molecule has 0 bridgehead atoms. The first-order valence-corrected chi connectivity index (χ1v) is 6.46. The summed E-state index contributed by atoms with van der Waals surface area (Å²) in [4.78, 5) is 4.31. The molecule has 3 rings (SSSR count). The highest BCUT2D eigenvalue weighted by atomic mass is 32.1. The van der Waals surface area contributed by atoms with E-state index in [1.165, 1.54) is 21.7 Å². The number of thiazole rings is 1. The topological polar surface area (TPSA) is 38.9 Å². The molecule has 2 nitrogen and oxygen atoms in total. The second-order valence-electron chi connectivity index (χ2n) is 4.28. The number of nitrogens with zero attached hydrogens (tertiary/aromatic N) is 1. The maximum absolute atomic E-state index is 6.02. The zero-order valence-electron chi connectivity index (χ0n) is 9.02. The number of fused-ring (bicyclic) bond motifs is 1. The maximum Gasteiger partial charge on any atom is 0.0968 e. The Morgan fingerprint density at radius 2 is 2.38 bits per heavy atom. The van der Waals surface area contributed by atoms with Crippen LogP contribution in [0.1, 0.15) is 34.2 Å². The van der Waals surface area contributed by atoms with Crippen molar-refractivity contribution in [1.29, 1.82) is 0 Å². The van der Waals surface area contributed by atoms with Gasteiger partial charge < -0.3 is 5.73 Å². The van der Waals surface area contributed by atoms with Gasteiger partial charge in [-0.3, -0.25) is 0 Å². The van der Waals surface area contributed by atoms with Crippen molar-refractivity contribution in [2.45, 2.75) is 25.3 Å². The van der Waals surface area contributed by atoms with E-state index < -0.39 is 0 Å². The largest absolute Gasteiger partial charge is 0.324 e. The molecule has 2 N–H and O–H groups in total. The van der Waals surface area contributed by atoms with Gasteiger partial charge >= 0.3 is 0 Å². The van der Waals surface area contributed by atoms with Crippen molar-refractivity contribution in [3.05, 3.63) is 51.5 Å². The van der Waals surface area contributed by atoms with E-state index >= 15 is 0 Å². The molecule has 0 radical (unpaired) electrons. The molecule has 0 spiro atoms. The number of hydrogen-bond donors (Lipinski definition) is 1. The normalized spacial score (nSPS) is 18.7. The van der Waals surface area contributed by atoms with E-state index in [2.05, 4.69) is 23.2 Å². The summed E-state index contributed by atoms with van der Waals surface area (Å²) in [7, 11) is 0. The van der Waals surface area contributed by atoms with Crippen molar-refractivity contribution >= 4 is 11.3 Å². The van der Waals surface area contributed by atoms with Crippen LogP contribution in [0.25, 0.3) is 0 Å². The standard InChI is InChI=1S/C13H14N2S/c14-12-4-2-10-7-9(1-3-11(10)12)8-13-15-5-6-16-13/h1,3,5-7,12H,2,4,8,14H2. The molecule has 1 aliphatic carbocycles. The Balaban J connectivity index is 1.88. The van der Waals surface area contributed by atoms with Crippen LogP contribution in [0.15, 0.2) is 29.8 Å². The molecule has 0 saturated heterocycles. The molecule has 1 atom stereocenters. The van der Waals surface area contributed by atoms with Gasteiger partial charge in [-0.2, -0.15) is 0 Å². The summed E-state index contributed by atoms with van der Waals surface area (Å²) >= 11 is 1.72. The van der Waals surface area contributed by atoms with Gasteiger partial charge in [0.05, 0.1) is 5.01 Å². The first-order valence-electron chi connectivity index (χ1n) is 5.58. The Hall–Kier alpha value is -1.19. The van der Waals surface area contributed by atoms with Gasteiger partial charge in [0.15, 0.2) is 0 Å². The fourth-order valence-corrected chi connectivity index (χ4v) is 2.98. The Morgan fingerprint density at radius 3 is 3.19 bits per heavy atom. The fraction of sp³-hybridized carbons (Fsp3) is 0.308. The average Bonchev–Trinajstić information content (AvgIpc) is 2.90. The highest BCUT2D eigenvalue weighted by molar-refractivity contribution is 7.09. The SMILES string of the molecule is NC1CCc2cc(Cc3nccs3)ccc21. The van der Waals surface area contributed by atoms with E-state index in [0.717, 1.165) is 19.3 Å². The number of rotatable bonds is 2. The van der Waals surface area contributed by atoms with Crippen LogP contribution in [-0.2, 0) is 12.8 Å². The van der Waals surface area contributed by atoms with Gasteiger partial charge in [-0.25, -0.2) is 4.98 Å². The van der Waals surface area contributed by atoms with E-state index in [1.54, 1.807) is 11.3 Å². The van der Waals surface area contributed by atoms with Crippen LogP contribution in [0.2, 0.25) is 0 Å². The van der Waals surface area contributed by atoms with E-state index in [-0.39, 0.29) is 6.04 Å². The molecule has 16 heavy (non-hydrogen) atoms. The number of aromatic nitrogens is 1. The molecule has 1 aromatic heterocycles. The molecule has 0 aliphatic heterocycles. The summed E-state index contributed by atoms with van der Waals surface area (Å²) in [6, 6.07) is 6.93. The van der Waals surface area contributed by atoms with Crippen molar-refractivity contribution in [2.75, 3.05) is 0 Å². The highest BCUT2D eigenvalue weighted by Crippen LogP contribution is 2.30. The van der Waals surface area contributed by atoms with Gasteiger partial charge in [0.2, 0.25) is 0 Å². The van der Waals surface area contributed by atoms with Crippen LogP contribution in [-0.4, -0.2) is 4.98 Å². The minimum absolute atomic E-state index is 0.254. The minimum Gasteiger partial charge on any atom is -0.324 e. The lowest BCUT2D eigenvalue weighted by Crippen LogP contribution is -2.05. The first kappa shape index (κ1) is 10.00. The molecule has 3 heteroatoms. The van der Waals surface area contributed by atoms with Crippen LogP contribution in [0.4, 0.5) is 0 Å². The lowest BCUT2D eigenvalue weighted by Gasteiger charge is -2.06. The predicted octanol–water partition coefficient (Wildman–Crippen LogP) is 2.68. The second-order valence-corrected chi connectivity index (χ2v) is 5.26. The molecule has 82 valence electrons. The van der Waals surface area contributed by atoms with E-state index in [1.807, 2.05) is 11.6 Å². The Kier molecular flexibility index (Phi) is 2.50. The lowest BCUT2D eigenvalue weighted by atomic mass is 10.0. The number of aryl methyl sites for hydroxylation is 1. The average molecular weight is 230 g/mol. The smallest absolute Gasteiger partial charge is 0.0968 e. The molecule has 1 heterocycles. The molecule has 2 aromatic rings. The fourth-order valence-electron chi connectivity index (χ4n) is 2.33. The van der Waals surface area contributed by atoms with Gasteiger partial charge in [0.1, 0.15) is 0 Å². The van der Waals surface area contributed by atoms with E-state index in [9.17, 15) is 0 Å². The van der Waals surface area contributed by atoms with Crippen LogP contribution in [0, 0.1) is 0 Å².